The number of carboxylic acid groups (broad SMARTS) is 1. The minimum Gasteiger partial charge on any atom is -0.482 e. The summed E-state index contributed by atoms with van der Waals surface area (Å²) >= 11 is 0. The van der Waals surface area contributed by atoms with E-state index in [1.54, 1.807) is 25.1 Å². The van der Waals surface area contributed by atoms with E-state index in [-0.39, 0.29) is 12.5 Å². The van der Waals surface area contributed by atoms with Gasteiger partial charge in [-0.1, -0.05) is 61.5 Å². The Kier molecular flexibility index (Phi) is 7.30. The number of carbonyl (C=O) groups is 3. The molecular formula is C27H26N2O6. The fraction of sp³-hybridized carbons (Fsp3) is 0.222. The van der Waals surface area contributed by atoms with Gasteiger partial charge in [-0.3, -0.25) is 4.79 Å². The summed E-state index contributed by atoms with van der Waals surface area (Å²) in [5.74, 6) is -1.28. The maximum atomic E-state index is 12.7. The van der Waals surface area contributed by atoms with Gasteiger partial charge in [-0.2, -0.15) is 0 Å². The van der Waals surface area contributed by atoms with Gasteiger partial charge in [-0.05, 0) is 40.8 Å². The highest BCUT2D eigenvalue weighted by molar-refractivity contribution is 5.96. The van der Waals surface area contributed by atoms with Crippen molar-refractivity contribution in [3.05, 3.63) is 83.9 Å². The Bertz CT molecular complexity index is 1200. The molecule has 3 N–H and O–H groups in total. The van der Waals surface area contributed by atoms with Gasteiger partial charge in [0.2, 0.25) is 5.91 Å². The molecule has 0 fully saturated rings. The van der Waals surface area contributed by atoms with E-state index in [0.29, 0.717) is 17.9 Å². The number of carbonyl (C=O) groups excluding carboxylic acids is 2. The smallest absolute Gasteiger partial charge is 0.407 e. The molecule has 1 atom stereocenters. The highest BCUT2D eigenvalue weighted by atomic mass is 16.5. The van der Waals surface area contributed by atoms with Crippen LogP contribution >= 0.6 is 0 Å². The van der Waals surface area contributed by atoms with Gasteiger partial charge in [0, 0.05) is 17.7 Å². The van der Waals surface area contributed by atoms with E-state index in [4.69, 9.17) is 14.6 Å². The summed E-state index contributed by atoms with van der Waals surface area (Å²) in [7, 11) is 0. The van der Waals surface area contributed by atoms with Gasteiger partial charge in [0.15, 0.2) is 6.61 Å². The first kappa shape index (κ1) is 23.8. The van der Waals surface area contributed by atoms with Crippen LogP contribution in [0.25, 0.3) is 11.1 Å². The van der Waals surface area contributed by atoms with Crippen LogP contribution in [0, 0.1) is 0 Å². The van der Waals surface area contributed by atoms with Crippen molar-refractivity contribution in [3.63, 3.8) is 0 Å². The van der Waals surface area contributed by atoms with Gasteiger partial charge in [0.1, 0.15) is 18.4 Å². The van der Waals surface area contributed by atoms with Crippen LogP contribution < -0.4 is 15.4 Å². The highest BCUT2D eigenvalue weighted by Gasteiger charge is 2.29. The third-order valence-corrected chi connectivity index (χ3v) is 5.82. The number of ether oxygens (including phenoxy) is 2. The molecule has 0 spiro atoms. The molecule has 35 heavy (non-hydrogen) atoms. The first-order valence-corrected chi connectivity index (χ1v) is 11.3. The molecule has 0 saturated carbocycles. The summed E-state index contributed by atoms with van der Waals surface area (Å²) in [5.41, 5.74) is 4.91. The van der Waals surface area contributed by atoms with Crippen molar-refractivity contribution in [3.8, 4) is 16.9 Å². The van der Waals surface area contributed by atoms with Crippen LogP contribution in [0.4, 0.5) is 10.5 Å². The third-order valence-electron chi connectivity index (χ3n) is 5.82. The number of fused-ring (bicyclic) bond motifs is 3. The Labute approximate surface area is 202 Å². The van der Waals surface area contributed by atoms with E-state index in [1.165, 1.54) is 6.07 Å². The number of hydrogen-bond donors (Lipinski definition) is 3. The number of carboxylic acids is 1. The van der Waals surface area contributed by atoms with Gasteiger partial charge >= 0.3 is 12.1 Å². The minimum absolute atomic E-state index is 0.0735. The quantitative estimate of drug-likeness (QED) is 0.423. The number of alkyl carbamates (subject to hydrolysis) is 1. The molecule has 0 heterocycles. The molecule has 8 nitrogen and oxygen atoms in total. The molecular weight excluding hydrogens is 448 g/mol. The van der Waals surface area contributed by atoms with Gasteiger partial charge in [0.25, 0.3) is 0 Å². The van der Waals surface area contributed by atoms with Crippen molar-refractivity contribution in [2.24, 2.45) is 0 Å². The summed E-state index contributed by atoms with van der Waals surface area (Å²) in [4.78, 5) is 36.0. The monoisotopic (exact) mass is 474 g/mol. The summed E-state index contributed by atoms with van der Waals surface area (Å²) in [6.07, 6.45) is -0.321. The molecule has 0 aliphatic heterocycles. The summed E-state index contributed by atoms with van der Waals surface area (Å²) in [5, 5.41) is 14.1. The van der Waals surface area contributed by atoms with E-state index in [2.05, 4.69) is 22.8 Å². The Morgan fingerprint density at radius 2 is 1.60 bits per heavy atom. The molecule has 8 heteroatoms. The SMILES string of the molecule is CC[C@H](NC(=O)OCC1c2ccccc2-c2ccccc21)C(=O)Nc1cccc(OCC(=O)O)c1. The molecule has 0 bridgehead atoms. The molecule has 1 aliphatic rings. The Balaban J connectivity index is 1.35. The normalized spacial score (nSPS) is 12.7. The van der Waals surface area contributed by atoms with Gasteiger partial charge in [0.05, 0.1) is 0 Å². The minimum atomic E-state index is -1.10. The maximum absolute atomic E-state index is 12.7. The number of hydrogen-bond acceptors (Lipinski definition) is 5. The molecule has 0 saturated heterocycles. The van der Waals surface area contributed by atoms with Crippen molar-refractivity contribution in [2.45, 2.75) is 25.3 Å². The molecule has 3 aromatic carbocycles. The second-order valence-corrected chi connectivity index (χ2v) is 8.13. The lowest BCUT2D eigenvalue weighted by atomic mass is 9.98. The number of benzene rings is 3. The van der Waals surface area contributed by atoms with E-state index >= 15 is 0 Å². The average Bonchev–Trinajstić information content (AvgIpc) is 3.18. The Hall–Kier alpha value is -4.33. The van der Waals surface area contributed by atoms with Crippen LogP contribution in [0.5, 0.6) is 5.75 Å². The van der Waals surface area contributed by atoms with Crippen LogP contribution in [0.2, 0.25) is 0 Å². The zero-order valence-electron chi connectivity index (χ0n) is 19.2. The topological polar surface area (TPSA) is 114 Å². The Morgan fingerprint density at radius 1 is 0.943 bits per heavy atom. The first-order valence-electron chi connectivity index (χ1n) is 11.3. The van der Waals surface area contributed by atoms with E-state index in [0.717, 1.165) is 22.3 Å². The predicted molar refractivity (Wildman–Crippen MR) is 130 cm³/mol. The first-order chi connectivity index (χ1) is 17.0. The molecule has 0 unspecified atom stereocenters. The van der Waals surface area contributed by atoms with Crippen molar-refractivity contribution in [1.29, 1.82) is 0 Å². The number of amides is 2. The average molecular weight is 475 g/mol. The molecule has 180 valence electrons. The van der Waals surface area contributed by atoms with E-state index in [1.807, 2.05) is 36.4 Å². The van der Waals surface area contributed by atoms with Crippen LogP contribution in [0.1, 0.15) is 30.4 Å². The van der Waals surface area contributed by atoms with Gasteiger partial charge in [-0.25, -0.2) is 9.59 Å². The Morgan fingerprint density at radius 3 is 2.23 bits per heavy atom. The van der Waals surface area contributed by atoms with Crippen LogP contribution in [0.15, 0.2) is 72.8 Å². The third kappa shape index (κ3) is 5.60. The summed E-state index contributed by atoms with van der Waals surface area (Å²) in [6, 6.07) is 21.7. The van der Waals surface area contributed by atoms with Gasteiger partial charge in [-0.15, -0.1) is 0 Å². The highest BCUT2D eigenvalue weighted by Crippen LogP contribution is 2.44. The van der Waals surface area contributed by atoms with E-state index < -0.39 is 30.6 Å². The fourth-order valence-electron chi connectivity index (χ4n) is 4.17. The van der Waals surface area contributed by atoms with Crippen molar-refractivity contribution in [1.82, 2.24) is 5.32 Å². The van der Waals surface area contributed by atoms with Crippen molar-refractivity contribution in [2.75, 3.05) is 18.5 Å². The number of rotatable bonds is 9. The molecule has 1 aliphatic carbocycles. The molecule has 2 amide bonds. The molecule has 3 aromatic rings. The van der Waals surface area contributed by atoms with Crippen molar-refractivity contribution < 1.29 is 29.0 Å². The zero-order chi connectivity index (χ0) is 24.8. The van der Waals surface area contributed by atoms with Crippen LogP contribution in [-0.2, 0) is 14.3 Å². The van der Waals surface area contributed by atoms with Crippen LogP contribution in [-0.4, -0.2) is 42.3 Å². The number of aliphatic carboxylic acids is 1. The summed E-state index contributed by atoms with van der Waals surface area (Å²) < 4.78 is 10.7. The van der Waals surface area contributed by atoms with Gasteiger partial charge < -0.3 is 25.2 Å². The predicted octanol–water partition coefficient (Wildman–Crippen LogP) is 4.41. The van der Waals surface area contributed by atoms with Crippen LogP contribution in [0.3, 0.4) is 0 Å². The summed E-state index contributed by atoms with van der Waals surface area (Å²) in [6.45, 7) is 1.44. The maximum Gasteiger partial charge on any atom is 0.407 e. The second kappa shape index (κ2) is 10.7. The second-order valence-electron chi connectivity index (χ2n) is 8.13. The lowest BCUT2D eigenvalue weighted by Crippen LogP contribution is -2.43. The lowest BCUT2D eigenvalue weighted by molar-refractivity contribution is -0.139. The largest absolute Gasteiger partial charge is 0.482 e. The number of nitrogens with one attached hydrogen (secondary N) is 2. The van der Waals surface area contributed by atoms with E-state index in [9.17, 15) is 14.4 Å². The molecule has 0 aromatic heterocycles. The number of anilines is 1. The lowest BCUT2D eigenvalue weighted by Gasteiger charge is -2.19. The fourth-order valence-corrected chi connectivity index (χ4v) is 4.17. The molecule has 4 rings (SSSR count). The zero-order valence-corrected chi connectivity index (χ0v) is 19.2. The van der Waals surface area contributed by atoms with Crippen molar-refractivity contribution >= 4 is 23.7 Å². The molecule has 0 radical (unpaired) electrons. The standard InChI is InChI=1S/C27H26N2O6/c1-2-24(26(32)28-17-8-7-9-18(14-17)34-16-25(30)31)29-27(33)35-15-23-21-12-5-3-10-19(21)20-11-4-6-13-22(20)23/h3-14,23-24H,2,15-16H2,1H3,(H,28,32)(H,29,33)(H,30,31)/t24-/m0/s1.